The molecule has 0 radical (unpaired) electrons. The molecule has 0 N–H and O–H groups in total. The van der Waals surface area contributed by atoms with Crippen LogP contribution in [0.15, 0.2) is 11.0 Å². The molecule has 0 aliphatic carbocycles. The molecule has 7 heteroatoms. The largest absolute Gasteiger partial charge is 0.340 e. The van der Waals surface area contributed by atoms with Gasteiger partial charge in [-0.2, -0.15) is 4.31 Å². The van der Waals surface area contributed by atoms with Gasteiger partial charge in [0.05, 0.1) is 4.90 Å². The van der Waals surface area contributed by atoms with Gasteiger partial charge in [-0.05, 0) is 25.8 Å². The molecule has 1 aliphatic rings. The number of aryl methyl sites for hydroxylation is 2. The minimum absolute atomic E-state index is 0.120. The van der Waals surface area contributed by atoms with Crippen molar-refractivity contribution >= 4 is 27.3 Å². The summed E-state index contributed by atoms with van der Waals surface area (Å²) >= 11 is 1.50. The van der Waals surface area contributed by atoms with Crippen molar-refractivity contribution in [1.29, 1.82) is 0 Å². The van der Waals surface area contributed by atoms with Gasteiger partial charge in [-0.15, -0.1) is 11.3 Å². The molecule has 2 rings (SSSR count). The molecule has 1 saturated heterocycles. The van der Waals surface area contributed by atoms with Crippen LogP contribution in [-0.2, 0) is 14.8 Å². The van der Waals surface area contributed by atoms with Crippen molar-refractivity contribution in [3.63, 3.8) is 0 Å². The van der Waals surface area contributed by atoms with Crippen LogP contribution in [0.2, 0.25) is 0 Å². The van der Waals surface area contributed by atoms with Gasteiger partial charge in [0, 0.05) is 42.4 Å². The summed E-state index contributed by atoms with van der Waals surface area (Å²) in [7, 11) is -3.44. The van der Waals surface area contributed by atoms with Crippen molar-refractivity contribution in [3.8, 4) is 0 Å². The Morgan fingerprint density at radius 1 is 1.23 bits per heavy atom. The van der Waals surface area contributed by atoms with Gasteiger partial charge in [-0.1, -0.05) is 13.8 Å². The Bertz CT molecular complexity index is 642. The van der Waals surface area contributed by atoms with Crippen LogP contribution in [0.5, 0.6) is 0 Å². The third-order valence-electron chi connectivity index (χ3n) is 3.79. The van der Waals surface area contributed by atoms with E-state index in [2.05, 4.69) is 0 Å². The van der Waals surface area contributed by atoms with Crippen LogP contribution in [0.25, 0.3) is 0 Å². The van der Waals surface area contributed by atoms with Gasteiger partial charge in [-0.3, -0.25) is 4.79 Å². The molecule has 0 unspecified atom stereocenters. The van der Waals surface area contributed by atoms with Crippen molar-refractivity contribution < 1.29 is 13.2 Å². The summed E-state index contributed by atoms with van der Waals surface area (Å²) in [6.07, 6.45) is 0.523. The van der Waals surface area contributed by atoms with E-state index in [4.69, 9.17) is 0 Å². The molecule has 1 aromatic rings. The summed E-state index contributed by atoms with van der Waals surface area (Å²) in [6, 6.07) is 1.74. The molecule has 1 aromatic heterocycles. The Morgan fingerprint density at radius 2 is 1.82 bits per heavy atom. The zero-order valence-corrected chi connectivity index (χ0v) is 15.3. The number of carbonyl (C=O) groups excluding carboxylic acids is 1. The van der Waals surface area contributed by atoms with Crippen molar-refractivity contribution in [2.45, 2.75) is 39.0 Å². The quantitative estimate of drug-likeness (QED) is 0.842. The second-order valence-electron chi connectivity index (χ2n) is 6.16. The van der Waals surface area contributed by atoms with E-state index in [-0.39, 0.29) is 5.91 Å². The van der Waals surface area contributed by atoms with Crippen LogP contribution in [0.4, 0.5) is 0 Å². The maximum absolute atomic E-state index is 12.7. The van der Waals surface area contributed by atoms with E-state index in [1.54, 1.807) is 11.0 Å². The summed E-state index contributed by atoms with van der Waals surface area (Å²) < 4.78 is 26.9. The van der Waals surface area contributed by atoms with Crippen molar-refractivity contribution in [2.75, 3.05) is 26.2 Å². The maximum Gasteiger partial charge on any atom is 0.244 e. The number of rotatable bonds is 4. The van der Waals surface area contributed by atoms with Crippen molar-refractivity contribution in [2.24, 2.45) is 5.92 Å². The third kappa shape index (κ3) is 3.70. The highest BCUT2D eigenvalue weighted by molar-refractivity contribution is 7.89. The molecule has 2 heterocycles. The first-order valence-electron chi connectivity index (χ1n) is 7.56. The summed E-state index contributed by atoms with van der Waals surface area (Å²) in [5.41, 5.74) is 0. The van der Waals surface area contributed by atoms with E-state index in [0.29, 0.717) is 43.4 Å². The smallest absolute Gasteiger partial charge is 0.244 e. The number of nitrogens with zero attached hydrogens (tertiary/aromatic N) is 2. The number of hydrogen-bond acceptors (Lipinski definition) is 4. The van der Waals surface area contributed by atoms with Crippen molar-refractivity contribution in [3.05, 3.63) is 15.8 Å². The molecular weight excluding hydrogens is 320 g/mol. The van der Waals surface area contributed by atoms with E-state index in [0.717, 1.165) is 9.75 Å². The monoisotopic (exact) mass is 344 g/mol. The molecule has 0 saturated carbocycles. The molecule has 0 atom stereocenters. The highest BCUT2D eigenvalue weighted by atomic mass is 32.2. The summed E-state index contributed by atoms with van der Waals surface area (Å²) in [5, 5.41) is 0. The fourth-order valence-corrected chi connectivity index (χ4v) is 5.60. The number of piperazine rings is 1. The van der Waals surface area contributed by atoms with E-state index >= 15 is 0 Å². The van der Waals surface area contributed by atoms with E-state index < -0.39 is 10.0 Å². The Kier molecular flexibility index (Phi) is 5.29. The van der Waals surface area contributed by atoms with Crippen LogP contribution < -0.4 is 0 Å². The van der Waals surface area contributed by atoms with Gasteiger partial charge in [0.1, 0.15) is 0 Å². The van der Waals surface area contributed by atoms with E-state index in [9.17, 15) is 13.2 Å². The van der Waals surface area contributed by atoms with Gasteiger partial charge in [0.2, 0.25) is 15.9 Å². The lowest BCUT2D eigenvalue weighted by Crippen LogP contribution is -2.50. The van der Waals surface area contributed by atoms with Gasteiger partial charge >= 0.3 is 0 Å². The summed E-state index contributed by atoms with van der Waals surface area (Å²) in [6.45, 7) is 9.49. The number of carbonyl (C=O) groups is 1. The predicted molar refractivity (Wildman–Crippen MR) is 88.6 cm³/mol. The summed E-state index contributed by atoms with van der Waals surface area (Å²) in [4.78, 5) is 16.1. The second-order valence-corrected chi connectivity index (χ2v) is 9.53. The standard InChI is InChI=1S/C15H24N2O3S2/c1-11(2)9-15(18)16-5-7-17(8-6-16)22(19,20)14-10-12(3)21-13(14)4/h10-11H,5-9H2,1-4H3. The summed E-state index contributed by atoms with van der Waals surface area (Å²) in [5.74, 6) is 0.445. The van der Waals surface area contributed by atoms with Crippen LogP contribution >= 0.6 is 11.3 Å². The van der Waals surface area contributed by atoms with E-state index in [1.165, 1.54) is 15.6 Å². The molecule has 5 nitrogen and oxygen atoms in total. The first-order valence-corrected chi connectivity index (χ1v) is 9.82. The molecule has 22 heavy (non-hydrogen) atoms. The molecule has 0 aromatic carbocycles. The Balaban J connectivity index is 2.05. The normalized spacial score (nSPS) is 17.2. The average molecular weight is 345 g/mol. The third-order valence-corrected chi connectivity index (χ3v) is 6.91. The van der Waals surface area contributed by atoms with Gasteiger partial charge in [0.15, 0.2) is 0 Å². The first kappa shape index (κ1) is 17.4. The van der Waals surface area contributed by atoms with Crippen molar-refractivity contribution in [1.82, 2.24) is 9.21 Å². The number of sulfonamides is 1. The van der Waals surface area contributed by atoms with Crippen LogP contribution in [0, 0.1) is 19.8 Å². The predicted octanol–water partition coefficient (Wildman–Crippen LogP) is 2.24. The highest BCUT2D eigenvalue weighted by Crippen LogP contribution is 2.28. The molecule has 0 spiro atoms. The Labute approximate surface area is 137 Å². The molecule has 124 valence electrons. The number of thiophene rings is 1. The topological polar surface area (TPSA) is 57.7 Å². The molecule has 1 amide bonds. The fraction of sp³-hybridized carbons (Fsp3) is 0.667. The molecule has 0 bridgehead atoms. The Morgan fingerprint density at radius 3 is 2.27 bits per heavy atom. The van der Waals surface area contributed by atoms with Gasteiger partial charge in [-0.25, -0.2) is 8.42 Å². The average Bonchev–Trinajstić information content (AvgIpc) is 2.78. The zero-order valence-electron chi connectivity index (χ0n) is 13.6. The SMILES string of the molecule is Cc1cc(S(=O)(=O)N2CCN(C(=O)CC(C)C)CC2)c(C)s1. The van der Waals surface area contributed by atoms with Crippen LogP contribution in [0.1, 0.15) is 30.0 Å². The second kappa shape index (κ2) is 6.68. The molecule has 1 aliphatic heterocycles. The van der Waals surface area contributed by atoms with Crippen LogP contribution in [0.3, 0.4) is 0 Å². The lowest BCUT2D eigenvalue weighted by atomic mass is 10.1. The number of hydrogen-bond donors (Lipinski definition) is 0. The zero-order chi connectivity index (χ0) is 16.5. The minimum Gasteiger partial charge on any atom is -0.340 e. The molecule has 1 fully saturated rings. The first-order chi connectivity index (χ1) is 10.2. The minimum atomic E-state index is -3.44. The highest BCUT2D eigenvalue weighted by Gasteiger charge is 2.31. The lowest BCUT2D eigenvalue weighted by molar-refractivity contribution is -0.133. The maximum atomic E-state index is 12.7. The number of amides is 1. The van der Waals surface area contributed by atoms with Gasteiger partial charge in [0.25, 0.3) is 0 Å². The van der Waals surface area contributed by atoms with Gasteiger partial charge < -0.3 is 4.90 Å². The van der Waals surface area contributed by atoms with Crippen LogP contribution in [-0.4, -0.2) is 49.7 Å². The van der Waals surface area contributed by atoms with E-state index in [1.807, 2.05) is 27.7 Å². The lowest BCUT2D eigenvalue weighted by Gasteiger charge is -2.34. The Hall–Kier alpha value is -0.920. The molecular formula is C15H24N2O3S2. The fourth-order valence-electron chi connectivity index (χ4n) is 2.66.